The molecule has 334 valence electrons. The van der Waals surface area contributed by atoms with Gasteiger partial charge in [0.05, 0.1) is 58.8 Å². The lowest BCUT2D eigenvalue weighted by Crippen LogP contribution is -2.57. The number of thiazole rings is 1. The van der Waals surface area contributed by atoms with Gasteiger partial charge in [0.25, 0.3) is 0 Å². The van der Waals surface area contributed by atoms with Crippen LogP contribution in [0.3, 0.4) is 0 Å². The molecule has 1 unspecified atom stereocenters. The number of ether oxygens (including phenoxy) is 3. The van der Waals surface area contributed by atoms with E-state index in [0.29, 0.717) is 82.0 Å². The first-order valence-corrected chi connectivity index (χ1v) is 22.5. The van der Waals surface area contributed by atoms with Crippen molar-refractivity contribution in [3.63, 3.8) is 0 Å². The highest BCUT2D eigenvalue weighted by Crippen LogP contribution is 2.44. The van der Waals surface area contributed by atoms with Crippen molar-refractivity contribution < 1.29 is 41.8 Å². The number of halogens is 3. The number of hydrogen-bond donors (Lipinski definition) is 2. The largest absolute Gasteiger partial charge is 0.464 e. The van der Waals surface area contributed by atoms with Gasteiger partial charge in [0.15, 0.2) is 5.78 Å². The maximum absolute atomic E-state index is 14.9. The van der Waals surface area contributed by atoms with Crippen LogP contribution in [0.1, 0.15) is 75.2 Å². The summed E-state index contributed by atoms with van der Waals surface area (Å²) in [5.41, 5.74) is 3.78. The van der Waals surface area contributed by atoms with Gasteiger partial charge in [-0.25, -0.2) is 4.98 Å². The summed E-state index contributed by atoms with van der Waals surface area (Å²) < 4.78 is 63.4. The highest BCUT2D eigenvalue weighted by Gasteiger charge is 2.39. The molecule has 17 heteroatoms. The van der Waals surface area contributed by atoms with E-state index in [1.54, 1.807) is 25.4 Å². The predicted molar refractivity (Wildman–Crippen MR) is 230 cm³/mol. The molecule has 2 N–H and O–H groups in total. The van der Waals surface area contributed by atoms with Crippen molar-refractivity contribution in [3.05, 3.63) is 52.1 Å². The maximum atomic E-state index is 14.9. The standard InChI is InChI=1S/C45H56F3N7O6S/c1-26(59-5)39-30(19-28(22-49-39)54-15-13-53(4)14-16-54)40-31-21-44(2,3)25-61-43(58)33-9-6-8-32(50-33)41(56)34(52-42(57)37-10-7-17-60-37)20-38-51-35(23-62-38)27-11-12-36(29(31)18-27)55(40)24-45(46,47)48/h11-12,18-19,22-23,26,32-34,37,50H,6-10,13-17,20-21,24-25H2,1-5H3,(H,52,57)/t26-,32?,33-,34-,37+/m0/s1. The predicted octanol–water partition coefficient (Wildman–Crippen LogP) is 6.26. The lowest BCUT2D eigenvalue weighted by Gasteiger charge is -2.34. The van der Waals surface area contributed by atoms with Gasteiger partial charge in [0.1, 0.15) is 18.7 Å². The fraction of sp³-hybridized carbons (Fsp3) is 0.578. The molecular formula is C45H56F3N7O6S. The Labute approximate surface area is 363 Å². The average molecular weight is 880 g/mol. The molecule has 4 aliphatic heterocycles. The minimum absolute atomic E-state index is 0.0376. The van der Waals surface area contributed by atoms with Crippen molar-refractivity contribution in [2.75, 3.05) is 58.5 Å². The number of aromatic nitrogens is 3. The number of methoxy groups -OCH3 is 1. The van der Waals surface area contributed by atoms with Gasteiger partial charge in [0, 0.05) is 79.1 Å². The van der Waals surface area contributed by atoms with Crippen LogP contribution < -0.4 is 15.5 Å². The fourth-order valence-electron chi connectivity index (χ4n) is 9.21. The molecule has 8 rings (SSSR count). The number of esters is 1. The molecule has 62 heavy (non-hydrogen) atoms. The SMILES string of the molecule is CO[C@@H](C)c1ncc(N2CCN(C)CC2)cc1-c1c2c3cc(ccc3n1CC(F)(F)F)-c1csc(n1)C[C@H](NC(=O)[C@H]1CCCO1)C(=O)C1CCC[C@H](N1)C(=O)OCC(C)(C)C2. The molecule has 6 bridgehead atoms. The molecule has 5 atom stereocenters. The Morgan fingerprint density at radius 1 is 1.10 bits per heavy atom. The van der Waals surface area contributed by atoms with Gasteiger partial charge in [-0.1, -0.05) is 19.9 Å². The Kier molecular flexibility index (Phi) is 12.8. The number of rotatable bonds is 7. The second-order valence-corrected chi connectivity index (χ2v) is 18.9. The summed E-state index contributed by atoms with van der Waals surface area (Å²) in [4.78, 5) is 55.7. The first-order chi connectivity index (χ1) is 29.6. The van der Waals surface area contributed by atoms with E-state index in [-0.39, 0.29) is 31.1 Å². The lowest BCUT2D eigenvalue weighted by atomic mass is 9.84. The summed E-state index contributed by atoms with van der Waals surface area (Å²) in [6.45, 7) is 8.02. The molecule has 3 saturated heterocycles. The monoisotopic (exact) mass is 879 g/mol. The van der Waals surface area contributed by atoms with Crippen molar-refractivity contribution >= 4 is 45.6 Å². The zero-order valence-corrected chi connectivity index (χ0v) is 36.8. The zero-order valence-electron chi connectivity index (χ0n) is 36.0. The molecule has 7 heterocycles. The Morgan fingerprint density at radius 3 is 2.60 bits per heavy atom. The normalized spacial score (nSPS) is 24.5. The first kappa shape index (κ1) is 44.2. The minimum Gasteiger partial charge on any atom is -0.464 e. The number of piperazine rings is 1. The van der Waals surface area contributed by atoms with Gasteiger partial charge in [-0.2, -0.15) is 13.2 Å². The number of nitrogens with one attached hydrogen (secondary N) is 2. The van der Waals surface area contributed by atoms with Crippen LogP contribution in [0, 0.1) is 5.41 Å². The van der Waals surface area contributed by atoms with Gasteiger partial charge >= 0.3 is 12.1 Å². The number of hydrogen-bond acceptors (Lipinski definition) is 12. The Hall–Kier alpha value is -4.42. The van der Waals surface area contributed by atoms with Crippen LogP contribution in [-0.2, 0) is 48.0 Å². The van der Waals surface area contributed by atoms with E-state index in [9.17, 15) is 27.6 Å². The van der Waals surface area contributed by atoms with E-state index < -0.39 is 54.4 Å². The number of ketones is 1. The molecule has 3 fully saturated rings. The van der Waals surface area contributed by atoms with E-state index in [1.165, 1.54) is 15.9 Å². The van der Waals surface area contributed by atoms with Crippen LogP contribution in [0.2, 0.25) is 0 Å². The zero-order chi connectivity index (χ0) is 43.9. The second-order valence-electron chi connectivity index (χ2n) is 18.0. The lowest BCUT2D eigenvalue weighted by molar-refractivity contribution is -0.150. The van der Waals surface area contributed by atoms with E-state index in [0.717, 1.165) is 38.3 Å². The van der Waals surface area contributed by atoms with Crippen LogP contribution in [0.4, 0.5) is 18.9 Å². The number of benzene rings is 1. The van der Waals surface area contributed by atoms with Crippen LogP contribution in [0.15, 0.2) is 35.8 Å². The number of amides is 1. The van der Waals surface area contributed by atoms with Crippen molar-refractivity contribution in [3.8, 4) is 22.5 Å². The van der Waals surface area contributed by atoms with Gasteiger partial charge in [-0.3, -0.25) is 24.7 Å². The fourth-order valence-corrected chi connectivity index (χ4v) is 10.1. The summed E-state index contributed by atoms with van der Waals surface area (Å²) in [7, 11) is 3.62. The quantitative estimate of drug-likeness (QED) is 0.204. The number of carbonyl (C=O) groups is 3. The molecule has 13 nitrogen and oxygen atoms in total. The topological polar surface area (TPSA) is 140 Å². The third kappa shape index (κ3) is 9.56. The van der Waals surface area contributed by atoms with Crippen LogP contribution in [0.25, 0.3) is 33.4 Å². The number of likely N-dealkylation sites (N-methyl/N-ethyl adjacent to an activating group) is 1. The second kappa shape index (κ2) is 18.0. The van der Waals surface area contributed by atoms with E-state index in [4.69, 9.17) is 24.2 Å². The number of anilines is 1. The number of piperidine rings is 1. The van der Waals surface area contributed by atoms with Gasteiger partial charge in [-0.05, 0) is 76.3 Å². The molecule has 0 saturated carbocycles. The van der Waals surface area contributed by atoms with Crippen molar-refractivity contribution in [1.29, 1.82) is 0 Å². The minimum atomic E-state index is -4.58. The number of Topliss-reactive ketones (excluding diaryl/α,β-unsaturated/α-hetero) is 1. The molecule has 1 amide bonds. The summed E-state index contributed by atoms with van der Waals surface area (Å²) in [5, 5.41) is 9.25. The first-order valence-electron chi connectivity index (χ1n) is 21.6. The molecule has 0 aliphatic carbocycles. The third-order valence-corrected chi connectivity index (χ3v) is 13.5. The smallest absolute Gasteiger partial charge is 0.406 e. The Morgan fingerprint density at radius 2 is 1.87 bits per heavy atom. The summed E-state index contributed by atoms with van der Waals surface area (Å²) >= 11 is 1.34. The number of cyclic esters (lactones) is 1. The van der Waals surface area contributed by atoms with Crippen molar-refractivity contribution in [2.45, 2.75) is 109 Å². The highest BCUT2D eigenvalue weighted by atomic mass is 32.1. The maximum Gasteiger partial charge on any atom is 0.406 e. The van der Waals surface area contributed by atoms with E-state index in [1.807, 2.05) is 38.3 Å². The third-order valence-electron chi connectivity index (χ3n) is 12.7. The summed E-state index contributed by atoms with van der Waals surface area (Å²) in [6.07, 6.45) is -0.805. The number of pyridine rings is 1. The molecule has 4 aromatic rings. The summed E-state index contributed by atoms with van der Waals surface area (Å²) in [5.74, 6) is -1.12. The molecule has 0 radical (unpaired) electrons. The molecule has 3 aromatic heterocycles. The van der Waals surface area contributed by atoms with E-state index in [2.05, 4.69) is 27.5 Å². The van der Waals surface area contributed by atoms with Gasteiger partial charge < -0.3 is 33.9 Å². The van der Waals surface area contributed by atoms with Crippen LogP contribution in [0.5, 0.6) is 0 Å². The number of carbonyl (C=O) groups excluding carboxylic acids is 3. The number of nitrogens with zero attached hydrogens (tertiary/aromatic N) is 5. The molecule has 1 aromatic carbocycles. The molecular weight excluding hydrogens is 824 g/mol. The molecule has 4 aliphatic rings. The Balaban J connectivity index is 1.29. The number of alkyl halides is 3. The highest BCUT2D eigenvalue weighted by molar-refractivity contribution is 7.10. The Bertz CT molecular complexity index is 2300. The van der Waals surface area contributed by atoms with E-state index >= 15 is 0 Å². The van der Waals surface area contributed by atoms with Crippen LogP contribution >= 0.6 is 11.3 Å². The van der Waals surface area contributed by atoms with Gasteiger partial charge in [0.2, 0.25) is 5.91 Å². The van der Waals surface area contributed by atoms with Crippen molar-refractivity contribution in [2.24, 2.45) is 5.41 Å². The number of fused-ring (bicyclic) bond motifs is 6. The molecule has 0 spiro atoms. The van der Waals surface area contributed by atoms with Gasteiger partial charge in [-0.15, -0.1) is 11.3 Å². The summed E-state index contributed by atoms with van der Waals surface area (Å²) in [6, 6.07) is 4.92. The van der Waals surface area contributed by atoms with Crippen LogP contribution in [-0.4, -0.2) is 121 Å². The van der Waals surface area contributed by atoms with Crippen molar-refractivity contribution in [1.82, 2.24) is 30.1 Å². The average Bonchev–Trinajstić information content (AvgIpc) is 4.02.